The molecule has 0 aromatic carbocycles. The van der Waals surface area contributed by atoms with E-state index in [0.717, 1.165) is 61.4 Å². The van der Waals surface area contributed by atoms with Gasteiger partial charge >= 0.3 is 6.03 Å². The molecule has 0 radical (unpaired) electrons. The van der Waals surface area contributed by atoms with E-state index in [2.05, 4.69) is 108 Å². The third-order valence-corrected chi connectivity index (χ3v) is 11.9. The van der Waals surface area contributed by atoms with Crippen LogP contribution >= 0.6 is 0 Å². The molecule has 0 bridgehead atoms. The SMILES string of the molecule is C=C(C)NCC.C=C(N)C(=C)C(CC1CC1)NC(=C)C1[C@@H]2[C@H](CN1C(=C)C(NC(=O)NC(CC)C(C)(C)C)C1(C)CCCCC1)C2(C)C. The van der Waals surface area contributed by atoms with Crippen molar-refractivity contribution in [1.82, 2.24) is 26.2 Å². The maximum Gasteiger partial charge on any atom is 0.315 e. The number of carbonyl (C=O) groups is 1. The van der Waals surface area contributed by atoms with Gasteiger partial charge in [0.2, 0.25) is 0 Å². The average molecular weight is 665 g/mol. The lowest BCUT2D eigenvalue weighted by molar-refractivity contribution is 0.128. The van der Waals surface area contributed by atoms with Crippen molar-refractivity contribution in [3.05, 3.63) is 61.3 Å². The van der Waals surface area contributed by atoms with Crippen molar-refractivity contribution in [3.8, 4) is 0 Å². The fourth-order valence-corrected chi connectivity index (χ4v) is 8.53. The first-order chi connectivity index (χ1) is 22.3. The third kappa shape index (κ3) is 9.65. The van der Waals surface area contributed by atoms with Crippen LogP contribution in [0.3, 0.4) is 0 Å². The smallest absolute Gasteiger partial charge is 0.315 e. The number of allylic oxidation sites excluding steroid dienone is 1. The minimum atomic E-state index is -0.146. The Morgan fingerprint density at radius 1 is 0.958 bits per heavy atom. The fourth-order valence-electron chi connectivity index (χ4n) is 8.53. The predicted molar refractivity (Wildman–Crippen MR) is 205 cm³/mol. The van der Waals surface area contributed by atoms with Crippen LogP contribution in [0, 0.1) is 34.0 Å². The van der Waals surface area contributed by atoms with Crippen LogP contribution < -0.4 is 27.0 Å². The second-order valence-corrected chi connectivity index (χ2v) is 17.4. The monoisotopic (exact) mass is 665 g/mol. The number of piperidine rings is 1. The molecule has 6 N–H and O–H groups in total. The van der Waals surface area contributed by atoms with Gasteiger partial charge < -0.3 is 31.9 Å². The summed E-state index contributed by atoms with van der Waals surface area (Å²) >= 11 is 0. The summed E-state index contributed by atoms with van der Waals surface area (Å²) in [5.74, 6) is 1.78. The summed E-state index contributed by atoms with van der Waals surface area (Å²) in [5.41, 5.74) is 10.8. The van der Waals surface area contributed by atoms with Crippen LogP contribution in [-0.4, -0.2) is 48.2 Å². The minimum absolute atomic E-state index is 0.0144. The lowest BCUT2D eigenvalue weighted by Gasteiger charge is -2.47. The van der Waals surface area contributed by atoms with Crippen molar-refractivity contribution in [2.75, 3.05) is 13.1 Å². The molecule has 3 saturated carbocycles. The van der Waals surface area contributed by atoms with E-state index in [9.17, 15) is 4.79 Å². The summed E-state index contributed by atoms with van der Waals surface area (Å²) in [7, 11) is 0. The van der Waals surface area contributed by atoms with Gasteiger partial charge in [-0.3, -0.25) is 0 Å². The molecule has 7 heteroatoms. The van der Waals surface area contributed by atoms with Crippen LogP contribution in [0.2, 0.25) is 0 Å². The van der Waals surface area contributed by atoms with E-state index in [4.69, 9.17) is 12.3 Å². The molecule has 4 aliphatic rings. The quantitative estimate of drug-likeness (QED) is 0.114. The number of urea groups is 1. The Labute approximate surface area is 294 Å². The van der Waals surface area contributed by atoms with Crippen LogP contribution in [-0.2, 0) is 0 Å². The number of nitrogens with two attached hydrogens (primary N) is 1. The Hall–Kier alpha value is -2.83. The van der Waals surface area contributed by atoms with E-state index in [0.29, 0.717) is 23.5 Å². The molecule has 4 rings (SSSR count). The molecular weight excluding hydrogens is 592 g/mol. The zero-order chi connectivity index (χ0) is 36.2. The molecule has 272 valence electrons. The number of hydrogen-bond donors (Lipinski definition) is 5. The standard InChI is InChI=1S/C36H61N5O.C5H11N/c1-12-29(34(6,7)8)39-33(42)40-32(36(11)18-14-13-15-19-36)25(5)41-21-27-30(35(27,9)10)31(41)24(4)38-28(20-26-16-17-26)22(2)23(3)37;1-4-6-5(2)3/h26-32,38H,2-5,12-21,37H2,1,6-11H3,(H2,39,40,42);6H,2,4H2,1,3H3/t27-,28?,29?,30-,31?,32?;/m0./s1. The van der Waals surface area contributed by atoms with Gasteiger partial charge in [-0.25, -0.2) is 4.79 Å². The molecule has 2 amide bonds. The normalized spacial score (nSPS) is 25.5. The summed E-state index contributed by atoms with van der Waals surface area (Å²) in [4.78, 5) is 16.1. The summed E-state index contributed by atoms with van der Waals surface area (Å²) in [5, 5.41) is 13.6. The van der Waals surface area contributed by atoms with Crippen LogP contribution in [0.5, 0.6) is 0 Å². The minimum Gasteiger partial charge on any atom is -0.399 e. The maximum absolute atomic E-state index is 13.6. The van der Waals surface area contributed by atoms with E-state index in [1.165, 1.54) is 32.1 Å². The molecule has 3 aliphatic carbocycles. The van der Waals surface area contributed by atoms with Gasteiger partial charge in [0.1, 0.15) is 0 Å². The van der Waals surface area contributed by atoms with Gasteiger partial charge in [0, 0.05) is 41.9 Å². The summed E-state index contributed by atoms with van der Waals surface area (Å²) in [6.45, 7) is 43.1. The molecule has 1 saturated heterocycles. The number of carbonyl (C=O) groups excluding carboxylic acids is 1. The second kappa shape index (κ2) is 15.8. The molecule has 6 atom stereocenters. The Bertz CT molecular complexity index is 1200. The number of fused-ring (bicyclic) bond motifs is 1. The maximum atomic E-state index is 13.6. The average Bonchev–Trinajstić information content (AvgIpc) is 3.85. The van der Waals surface area contributed by atoms with Crippen molar-refractivity contribution in [1.29, 1.82) is 0 Å². The molecule has 48 heavy (non-hydrogen) atoms. The van der Waals surface area contributed by atoms with Gasteiger partial charge in [0.15, 0.2) is 0 Å². The molecule has 0 spiro atoms. The largest absolute Gasteiger partial charge is 0.399 e. The van der Waals surface area contributed by atoms with E-state index in [-0.39, 0.29) is 46.4 Å². The van der Waals surface area contributed by atoms with Gasteiger partial charge in [0.05, 0.1) is 18.1 Å². The molecule has 1 aliphatic heterocycles. The lowest BCUT2D eigenvalue weighted by atomic mass is 9.69. The van der Waals surface area contributed by atoms with Gasteiger partial charge in [0.25, 0.3) is 0 Å². The second-order valence-electron chi connectivity index (χ2n) is 17.4. The van der Waals surface area contributed by atoms with Crippen molar-refractivity contribution in [3.63, 3.8) is 0 Å². The third-order valence-electron chi connectivity index (χ3n) is 11.9. The Morgan fingerprint density at radius 3 is 2.02 bits per heavy atom. The lowest BCUT2D eigenvalue weighted by Crippen LogP contribution is -2.57. The highest BCUT2D eigenvalue weighted by Gasteiger charge is 2.68. The Morgan fingerprint density at radius 2 is 1.56 bits per heavy atom. The summed E-state index contributed by atoms with van der Waals surface area (Å²) < 4.78 is 0. The highest BCUT2D eigenvalue weighted by molar-refractivity contribution is 5.75. The molecule has 0 aromatic rings. The van der Waals surface area contributed by atoms with Crippen molar-refractivity contribution >= 4 is 6.03 Å². The number of likely N-dealkylation sites (tertiary alicyclic amines) is 1. The van der Waals surface area contributed by atoms with Crippen molar-refractivity contribution < 1.29 is 4.79 Å². The van der Waals surface area contributed by atoms with E-state index in [1.54, 1.807) is 0 Å². The molecular formula is C41H72N6O. The molecule has 7 nitrogen and oxygen atoms in total. The van der Waals surface area contributed by atoms with Gasteiger partial charge in [-0.05, 0) is 79.1 Å². The topological polar surface area (TPSA) is 94.4 Å². The van der Waals surface area contributed by atoms with Crippen LogP contribution in [0.1, 0.15) is 120 Å². The first kappa shape index (κ1) is 39.6. The number of hydrogen-bond acceptors (Lipinski definition) is 5. The number of nitrogens with one attached hydrogen (secondary N) is 4. The highest BCUT2D eigenvalue weighted by Crippen LogP contribution is 2.66. The molecule has 4 fully saturated rings. The number of amides is 2. The fraction of sp³-hybridized carbons (Fsp3) is 0.732. The van der Waals surface area contributed by atoms with Crippen molar-refractivity contribution in [2.24, 2.45) is 39.7 Å². The van der Waals surface area contributed by atoms with Gasteiger partial charge in [-0.1, -0.05) is 113 Å². The Kier molecular flexibility index (Phi) is 13.0. The summed E-state index contributed by atoms with van der Waals surface area (Å²) in [6.07, 6.45) is 10.2. The van der Waals surface area contributed by atoms with Gasteiger partial charge in [-0.2, -0.15) is 0 Å². The first-order valence-electron chi connectivity index (χ1n) is 18.8. The van der Waals surface area contributed by atoms with Crippen LogP contribution in [0.15, 0.2) is 61.3 Å². The van der Waals surface area contributed by atoms with E-state index >= 15 is 0 Å². The van der Waals surface area contributed by atoms with Crippen LogP contribution in [0.25, 0.3) is 0 Å². The van der Waals surface area contributed by atoms with Crippen molar-refractivity contribution in [2.45, 2.75) is 144 Å². The zero-order valence-corrected chi connectivity index (χ0v) is 32.3. The highest BCUT2D eigenvalue weighted by atomic mass is 16.2. The van der Waals surface area contributed by atoms with E-state index < -0.39 is 0 Å². The number of rotatable bonds is 15. The first-order valence-corrected chi connectivity index (χ1v) is 18.8. The Balaban J connectivity index is 0.000000952. The van der Waals surface area contributed by atoms with Crippen LogP contribution in [0.4, 0.5) is 4.79 Å². The number of nitrogens with zero attached hydrogens (tertiary/aromatic N) is 1. The zero-order valence-electron chi connectivity index (χ0n) is 32.3. The van der Waals surface area contributed by atoms with E-state index in [1.807, 2.05) is 6.92 Å². The predicted octanol–water partition coefficient (Wildman–Crippen LogP) is 8.35. The van der Waals surface area contributed by atoms with Gasteiger partial charge in [-0.15, -0.1) is 0 Å². The molecule has 4 unspecified atom stereocenters. The summed E-state index contributed by atoms with van der Waals surface area (Å²) in [6, 6.07) is 0.00625. The molecule has 1 heterocycles. The molecule has 0 aromatic heterocycles.